The number of likely N-dealkylation sites (N-methyl/N-ethyl adjacent to an activating group) is 1. The lowest BCUT2D eigenvalue weighted by Crippen LogP contribution is -2.53. The van der Waals surface area contributed by atoms with Gasteiger partial charge < -0.3 is 4.74 Å². The summed E-state index contributed by atoms with van der Waals surface area (Å²) in [5, 5.41) is 0.420. The summed E-state index contributed by atoms with van der Waals surface area (Å²) in [6, 6.07) is -0.535. The number of nitrogens with zero attached hydrogens (tertiary/aromatic N) is 2. The average Bonchev–Trinajstić information content (AvgIpc) is 2.42. The number of hydroxylamine groups is 2. The highest BCUT2D eigenvalue weighted by atomic mass is 127. The molecule has 1 aliphatic heterocycles. The number of halogens is 1. The second-order valence-electron chi connectivity index (χ2n) is 6.18. The fraction of sp³-hybridized carbons (Fsp3) is 0.786. The van der Waals surface area contributed by atoms with Crippen molar-refractivity contribution in [3.05, 3.63) is 0 Å². The minimum Gasteiger partial charge on any atom is -0.444 e. The molecular weight excluding hydrogens is 418 g/mol. The van der Waals surface area contributed by atoms with Crippen LogP contribution in [-0.4, -0.2) is 53.5 Å². The zero-order valence-corrected chi connectivity index (χ0v) is 16.6. The van der Waals surface area contributed by atoms with Gasteiger partial charge in [-0.2, -0.15) is 0 Å². The van der Waals surface area contributed by atoms with Crippen molar-refractivity contribution in [2.24, 2.45) is 0 Å². The van der Waals surface area contributed by atoms with Crippen LogP contribution in [0, 0.1) is 6.13 Å². The molecule has 1 fully saturated rings. The van der Waals surface area contributed by atoms with Crippen LogP contribution in [0.25, 0.3) is 0 Å². The topological polar surface area (TPSA) is 59.1 Å². The van der Waals surface area contributed by atoms with E-state index in [-0.39, 0.29) is 5.91 Å². The Hall–Kier alpha value is -0.490. The molecule has 0 aromatic rings. The van der Waals surface area contributed by atoms with E-state index in [4.69, 9.17) is 15.7 Å². The Kier molecular flexibility index (Phi) is 7.46. The number of ether oxygens (including phenoxy) is 1. The van der Waals surface area contributed by atoms with Crippen molar-refractivity contribution < 1.29 is 19.2 Å². The smallest absolute Gasteiger partial charge is 0.410 e. The maximum absolute atomic E-state index is 12.5. The maximum Gasteiger partial charge on any atom is 0.410 e. The van der Waals surface area contributed by atoms with Crippen LogP contribution >= 0.6 is 27.1 Å². The zero-order valence-electron chi connectivity index (χ0n) is 13.5. The molecule has 0 bridgehead atoms. The van der Waals surface area contributed by atoms with Crippen molar-refractivity contribution in [1.82, 2.24) is 9.96 Å². The van der Waals surface area contributed by atoms with Crippen molar-refractivity contribution in [3.63, 3.8) is 0 Å². The monoisotopic (exact) mass is 442 g/mol. The van der Waals surface area contributed by atoms with Crippen LogP contribution in [0.15, 0.2) is 0 Å². The Labute approximate surface area is 146 Å². The van der Waals surface area contributed by atoms with Crippen LogP contribution in [0.1, 0.15) is 40.0 Å². The molecule has 22 heavy (non-hydrogen) atoms. The van der Waals surface area contributed by atoms with Crippen molar-refractivity contribution >= 4 is 39.1 Å². The number of amides is 2. The van der Waals surface area contributed by atoms with Gasteiger partial charge in [0.15, 0.2) is 0 Å². The summed E-state index contributed by atoms with van der Waals surface area (Å²) in [6.45, 7) is 5.95. The second kappa shape index (κ2) is 8.39. The highest BCUT2D eigenvalue weighted by Gasteiger charge is 2.36. The minimum absolute atomic E-state index is 0.237. The average molecular weight is 442 g/mol. The Morgan fingerprint density at radius 3 is 2.59 bits per heavy atom. The lowest BCUT2D eigenvalue weighted by molar-refractivity contribution is -0.177. The largest absolute Gasteiger partial charge is 0.444 e. The summed E-state index contributed by atoms with van der Waals surface area (Å²) >= 11 is 2.08. The quantitative estimate of drug-likeness (QED) is 0.381. The fourth-order valence-corrected chi connectivity index (χ4v) is 2.80. The Morgan fingerprint density at radius 1 is 1.41 bits per heavy atom. The molecule has 0 radical (unpaired) electrons. The molecule has 2 amide bonds. The van der Waals surface area contributed by atoms with Gasteiger partial charge in [0.2, 0.25) is 0 Å². The van der Waals surface area contributed by atoms with Crippen LogP contribution in [-0.2, 0) is 14.4 Å². The third-order valence-electron chi connectivity index (χ3n) is 3.10. The van der Waals surface area contributed by atoms with Crippen LogP contribution in [0.2, 0.25) is 0 Å². The van der Waals surface area contributed by atoms with E-state index in [0.29, 0.717) is 19.3 Å². The molecule has 1 saturated heterocycles. The van der Waals surface area contributed by atoms with E-state index >= 15 is 0 Å². The molecule has 0 aliphatic carbocycles. The van der Waals surface area contributed by atoms with Gasteiger partial charge in [0.1, 0.15) is 18.0 Å². The fourth-order valence-electron chi connectivity index (χ4n) is 2.14. The van der Waals surface area contributed by atoms with E-state index < -0.39 is 22.8 Å². The van der Waals surface area contributed by atoms with Crippen molar-refractivity contribution in [2.45, 2.75) is 51.7 Å². The van der Waals surface area contributed by atoms with Gasteiger partial charge in [-0.1, -0.05) is 0 Å². The van der Waals surface area contributed by atoms with E-state index in [1.54, 1.807) is 7.05 Å². The normalized spacial score (nSPS) is 19.5. The molecule has 6 nitrogen and oxygen atoms in total. The molecule has 0 aromatic heterocycles. The van der Waals surface area contributed by atoms with Gasteiger partial charge in [-0.15, -0.1) is 6.13 Å². The van der Waals surface area contributed by atoms with E-state index in [0.717, 1.165) is 12.8 Å². The predicted molar refractivity (Wildman–Crippen MR) is 95.2 cm³/mol. The van der Waals surface area contributed by atoms with Gasteiger partial charge in [-0.25, -0.2) is 9.86 Å². The summed E-state index contributed by atoms with van der Waals surface area (Å²) in [6.07, 6.45) is 7.91. The molecule has 1 rings (SSSR count). The summed E-state index contributed by atoms with van der Waals surface area (Å²) in [5.74, 6) is -0.237. The summed E-state index contributed by atoms with van der Waals surface area (Å²) in [5.41, 5.74) is -0.582. The van der Waals surface area contributed by atoms with Gasteiger partial charge >= 0.3 is 6.09 Å². The highest BCUT2D eigenvalue weighted by molar-refractivity contribution is 14.2. The Morgan fingerprint density at radius 2 is 2.05 bits per heavy atom. The molecule has 0 aromatic carbocycles. The molecule has 1 unspecified atom stereocenters. The SMILES string of the molecule is C#P(I)CON(C)C(=O)[C@@H]1CCCCN1C(=O)OC(C)(C)C. The molecular formula is C14H24IN2O4P. The van der Waals surface area contributed by atoms with Gasteiger partial charge in [0.05, 0.1) is 0 Å². The first-order valence-corrected chi connectivity index (χ1v) is 11.6. The Balaban J connectivity index is 2.74. The number of piperidine rings is 1. The van der Waals surface area contributed by atoms with Crippen molar-refractivity contribution in [1.29, 1.82) is 0 Å². The molecule has 126 valence electrons. The van der Waals surface area contributed by atoms with Crippen molar-refractivity contribution in [3.8, 4) is 6.13 Å². The molecule has 0 N–H and O–H groups in total. The number of hydrogen-bond acceptors (Lipinski definition) is 4. The minimum atomic E-state index is -0.769. The molecule has 0 spiro atoms. The lowest BCUT2D eigenvalue weighted by atomic mass is 10.0. The molecule has 0 saturated carbocycles. The maximum atomic E-state index is 12.5. The lowest BCUT2D eigenvalue weighted by Gasteiger charge is -2.37. The first-order valence-electron chi connectivity index (χ1n) is 7.20. The summed E-state index contributed by atoms with van der Waals surface area (Å²) < 4.78 is 5.39. The van der Waals surface area contributed by atoms with Crippen molar-refractivity contribution in [2.75, 3.05) is 19.9 Å². The Bertz CT molecular complexity index is 483. The van der Waals surface area contributed by atoms with Gasteiger partial charge in [-0.05, 0) is 67.1 Å². The van der Waals surface area contributed by atoms with E-state index in [9.17, 15) is 9.59 Å². The summed E-state index contributed by atoms with van der Waals surface area (Å²) in [7, 11) is 1.56. The van der Waals surface area contributed by atoms with Crippen LogP contribution in [0.3, 0.4) is 0 Å². The second-order valence-corrected chi connectivity index (χ2v) is 11.0. The first kappa shape index (κ1) is 19.6. The number of rotatable bonds is 3. The molecule has 2 atom stereocenters. The summed E-state index contributed by atoms with van der Waals surface area (Å²) in [4.78, 5) is 31.7. The molecule has 1 aliphatic rings. The first-order chi connectivity index (χ1) is 10.1. The van der Waals surface area contributed by atoms with Gasteiger partial charge in [-0.3, -0.25) is 14.5 Å². The van der Waals surface area contributed by atoms with E-state index in [2.05, 4.69) is 22.0 Å². The number of carbonyl (C=O) groups excluding carboxylic acids is 2. The van der Waals surface area contributed by atoms with Gasteiger partial charge in [0.25, 0.3) is 5.91 Å². The number of carbonyl (C=O) groups is 2. The molecule has 1 heterocycles. The zero-order chi connectivity index (χ0) is 16.9. The highest BCUT2D eigenvalue weighted by Crippen LogP contribution is 2.28. The van der Waals surface area contributed by atoms with Gasteiger partial charge in [0, 0.05) is 13.6 Å². The third kappa shape index (κ3) is 6.32. The standard InChI is InChI=1S/C14H24IN2O4P/c1-14(2,3)21-13(19)17-9-7-6-8-11(17)12(18)16(4)20-10-22(5)15/h5,11H,6-10H2,1-4H3/t11-/m0/s1. The van der Waals surface area contributed by atoms with E-state index in [1.165, 1.54) is 9.96 Å². The third-order valence-corrected chi connectivity index (χ3v) is 4.30. The molecule has 8 heteroatoms. The predicted octanol–water partition coefficient (Wildman–Crippen LogP) is 3.54. The van der Waals surface area contributed by atoms with Crippen LogP contribution in [0.4, 0.5) is 4.79 Å². The van der Waals surface area contributed by atoms with Crippen LogP contribution in [0.5, 0.6) is 0 Å². The van der Waals surface area contributed by atoms with E-state index in [1.807, 2.05) is 20.8 Å². The van der Waals surface area contributed by atoms with Crippen LogP contribution < -0.4 is 0 Å². The number of likely N-dealkylation sites (tertiary alicyclic amines) is 1. The number of hydrogen-bond donors (Lipinski definition) is 0.